The van der Waals surface area contributed by atoms with Gasteiger partial charge >= 0.3 is 5.97 Å². The molecule has 0 aromatic rings. The molecule has 1 atom stereocenters. The van der Waals surface area contributed by atoms with E-state index in [9.17, 15) is 4.79 Å². The van der Waals surface area contributed by atoms with Crippen molar-refractivity contribution >= 4 is 5.97 Å². The third-order valence-electron chi connectivity index (χ3n) is 2.07. The standard InChI is InChI=1S/C9H12O4/c1-12-7-4-3-5-9(6-7,13-2)8(10)11/h3-5H,6H2,1-2H3,(H,10,11). The molecule has 0 amide bonds. The number of hydrogen-bond acceptors (Lipinski definition) is 3. The van der Waals surface area contributed by atoms with E-state index >= 15 is 0 Å². The predicted octanol–water partition coefficient (Wildman–Crippen LogP) is 0.946. The van der Waals surface area contributed by atoms with Crippen LogP contribution in [0, 0.1) is 0 Å². The largest absolute Gasteiger partial charge is 0.501 e. The molecule has 0 radical (unpaired) electrons. The van der Waals surface area contributed by atoms with Crippen LogP contribution in [-0.4, -0.2) is 30.9 Å². The van der Waals surface area contributed by atoms with Crippen molar-refractivity contribution in [2.24, 2.45) is 0 Å². The molecule has 0 saturated carbocycles. The van der Waals surface area contributed by atoms with Crippen LogP contribution in [0.1, 0.15) is 6.42 Å². The average molecular weight is 184 g/mol. The first kappa shape index (κ1) is 9.80. The molecule has 1 aliphatic rings. The lowest BCUT2D eigenvalue weighted by atomic mass is 9.94. The molecule has 1 rings (SSSR count). The lowest BCUT2D eigenvalue weighted by Gasteiger charge is -2.27. The van der Waals surface area contributed by atoms with Gasteiger partial charge in [-0.2, -0.15) is 0 Å². The Kier molecular flexibility index (Phi) is 2.72. The number of carboxylic acids is 1. The fourth-order valence-corrected chi connectivity index (χ4v) is 1.20. The Balaban J connectivity index is 2.89. The molecule has 1 aliphatic carbocycles. The van der Waals surface area contributed by atoms with E-state index in [-0.39, 0.29) is 6.42 Å². The Morgan fingerprint density at radius 2 is 2.31 bits per heavy atom. The lowest BCUT2D eigenvalue weighted by molar-refractivity contribution is -0.157. The Morgan fingerprint density at radius 3 is 2.77 bits per heavy atom. The molecule has 1 unspecified atom stereocenters. The van der Waals surface area contributed by atoms with Crippen LogP contribution >= 0.6 is 0 Å². The predicted molar refractivity (Wildman–Crippen MR) is 46.2 cm³/mol. The van der Waals surface area contributed by atoms with Gasteiger partial charge in [-0.25, -0.2) is 4.79 Å². The highest BCUT2D eigenvalue weighted by atomic mass is 16.5. The molecular formula is C9H12O4. The summed E-state index contributed by atoms with van der Waals surface area (Å²) in [5.41, 5.74) is -1.26. The Morgan fingerprint density at radius 1 is 1.62 bits per heavy atom. The second kappa shape index (κ2) is 3.62. The summed E-state index contributed by atoms with van der Waals surface area (Å²) in [5, 5.41) is 8.94. The third kappa shape index (κ3) is 1.72. The molecule has 0 aromatic carbocycles. The summed E-state index contributed by atoms with van der Waals surface area (Å²) >= 11 is 0. The van der Waals surface area contributed by atoms with Crippen LogP contribution in [-0.2, 0) is 14.3 Å². The number of methoxy groups -OCH3 is 2. The quantitative estimate of drug-likeness (QED) is 0.709. The SMILES string of the molecule is COC1=CC=CC(OC)(C(=O)O)C1. The number of carbonyl (C=O) groups is 1. The Labute approximate surface area is 76.5 Å². The zero-order valence-corrected chi connectivity index (χ0v) is 7.61. The van der Waals surface area contributed by atoms with Crippen molar-refractivity contribution in [3.63, 3.8) is 0 Å². The highest BCUT2D eigenvalue weighted by Gasteiger charge is 2.38. The third-order valence-corrected chi connectivity index (χ3v) is 2.07. The fraction of sp³-hybridized carbons (Fsp3) is 0.444. The summed E-state index contributed by atoms with van der Waals surface area (Å²) in [6.07, 6.45) is 5.09. The lowest BCUT2D eigenvalue weighted by Crippen LogP contribution is -2.40. The second-order valence-corrected chi connectivity index (χ2v) is 2.77. The van der Waals surface area contributed by atoms with Gasteiger partial charge in [-0.3, -0.25) is 0 Å². The Hall–Kier alpha value is -1.29. The zero-order valence-electron chi connectivity index (χ0n) is 7.61. The number of allylic oxidation sites excluding steroid dienone is 2. The molecule has 0 heterocycles. The van der Waals surface area contributed by atoms with Crippen LogP contribution < -0.4 is 0 Å². The van der Waals surface area contributed by atoms with Gasteiger partial charge in [-0.15, -0.1) is 0 Å². The van der Waals surface area contributed by atoms with E-state index in [4.69, 9.17) is 14.6 Å². The average Bonchev–Trinajstić information content (AvgIpc) is 2.17. The molecule has 13 heavy (non-hydrogen) atoms. The maximum Gasteiger partial charge on any atom is 0.340 e. The molecule has 4 nitrogen and oxygen atoms in total. The summed E-state index contributed by atoms with van der Waals surface area (Å²) in [5.74, 6) is -0.402. The first-order valence-electron chi connectivity index (χ1n) is 3.85. The summed E-state index contributed by atoms with van der Waals surface area (Å²) < 4.78 is 9.93. The highest BCUT2D eigenvalue weighted by molar-refractivity contribution is 5.81. The van der Waals surface area contributed by atoms with Gasteiger partial charge in [0.05, 0.1) is 12.9 Å². The molecule has 0 fully saturated rings. The molecule has 1 N–H and O–H groups in total. The van der Waals surface area contributed by atoms with Crippen LogP contribution in [0.5, 0.6) is 0 Å². The molecule has 4 heteroatoms. The summed E-state index contributed by atoms with van der Waals surface area (Å²) in [6.45, 7) is 0. The first-order valence-corrected chi connectivity index (χ1v) is 3.85. The van der Waals surface area contributed by atoms with Crippen molar-refractivity contribution in [2.75, 3.05) is 14.2 Å². The molecule has 0 aromatic heterocycles. The molecule has 0 aliphatic heterocycles. The summed E-state index contributed by atoms with van der Waals surface area (Å²) in [4.78, 5) is 10.9. The van der Waals surface area contributed by atoms with Crippen molar-refractivity contribution in [3.05, 3.63) is 24.0 Å². The highest BCUT2D eigenvalue weighted by Crippen LogP contribution is 2.26. The minimum Gasteiger partial charge on any atom is -0.501 e. The molecule has 0 saturated heterocycles. The first-order chi connectivity index (χ1) is 6.14. The van der Waals surface area contributed by atoms with Crippen LogP contribution in [0.4, 0.5) is 0 Å². The van der Waals surface area contributed by atoms with E-state index in [0.717, 1.165) is 0 Å². The Bertz CT molecular complexity index is 267. The number of rotatable bonds is 3. The van der Waals surface area contributed by atoms with Crippen molar-refractivity contribution in [2.45, 2.75) is 12.0 Å². The minimum atomic E-state index is -1.26. The van der Waals surface area contributed by atoms with E-state index in [0.29, 0.717) is 5.76 Å². The zero-order chi connectivity index (χ0) is 9.90. The van der Waals surface area contributed by atoms with E-state index in [2.05, 4.69) is 0 Å². The van der Waals surface area contributed by atoms with Gasteiger partial charge in [0.2, 0.25) is 0 Å². The second-order valence-electron chi connectivity index (χ2n) is 2.77. The van der Waals surface area contributed by atoms with Crippen LogP contribution in [0.2, 0.25) is 0 Å². The number of aliphatic carboxylic acids is 1. The molecule has 0 bridgehead atoms. The van der Waals surface area contributed by atoms with Crippen LogP contribution in [0.15, 0.2) is 24.0 Å². The summed E-state index contributed by atoms with van der Waals surface area (Å²) in [7, 11) is 2.88. The maximum atomic E-state index is 10.9. The normalized spacial score (nSPS) is 26.8. The van der Waals surface area contributed by atoms with Gasteiger partial charge in [-0.05, 0) is 12.2 Å². The van der Waals surface area contributed by atoms with Crippen LogP contribution in [0.3, 0.4) is 0 Å². The van der Waals surface area contributed by atoms with E-state index in [1.54, 1.807) is 12.2 Å². The van der Waals surface area contributed by atoms with E-state index in [1.807, 2.05) is 0 Å². The fourth-order valence-electron chi connectivity index (χ4n) is 1.20. The molecule has 0 spiro atoms. The van der Waals surface area contributed by atoms with Gasteiger partial charge in [0.1, 0.15) is 0 Å². The number of carboxylic acid groups (broad SMARTS) is 1. The van der Waals surface area contributed by atoms with Gasteiger partial charge in [0, 0.05) is 13.5 Å². The van der Waals surface area contributed by atoms with Crippen molar-refractivity contribution in [1.82, 2.24) is 0 Å². The van der Waals surface area contributed by atoms with Gasteiger partial charge < -0.3 is 14.6 Å². The van der Waals surface area contributed by atoms with Crippen molar-refractivity contribution in [1.29, 1.82) is 0 Å². The van der Waals surface area contributed by atoms with Gasteiger partial charge in [0.15, 0.2) is 5.60 Å². The molecular weight excluding hydrogens is 172 g/mol. The summed E-state index contributed by atoms with van der Waals surface area (Å²) in [6, 6.07) is 0. The van der Waals surface area contributed by atoms with Crippen molar-refractivity contribution < 1.29 is 19.4 Å². The van der Waals surface area contributed by atoms with Crippen molar-refractivity contribution in [3.8, 4) is 0 Å². The smallest absolute Gasteiger partial charge is 0.340 e. The molecule has 72 valence electrons. The number of hydrogen-bond donors (Lipinski definition) is 1. The van der Waals surface area contributed by atoms with Crippen LogP contribution in [0.25, 0.3) is 0 Å². The van der Waals surface area contributed by atoms with Gasteiger partial charge in [0.25, 0.3) is 0 Å². The minimum absolute atomic E-state index is 0.228. The topological polar surface area (TPSA) is 55.8 Å². The van der Waals surface area contributed by atoms with Gasteiger partial charge in [-0.1, -0.05) is 6.08 Å². The monoisotopic (exact) mass is 184 g/mol. The van der Waals surface area contributed by atoms with E-state index in [1.165, 1.54) is 20.3 Å². The number of ether oxygens (including phenoxy) is 2. The van der Waals surface area contributed by atoms with E-state index < -0.39 is 11.6 Å². The maximum absolute atomic E-state index is 10.9.